The first-order chi connectivity index (χ1) is 12.3. The van der Waals surface area contributed by atoms with E-state index in [-0.39, 0.29) is 11.5 Å². The van der Waals surface area contributed by atoms with Crippen molar-refractivity contribution in [1.82, 2.24) is 5.32 Å². The minimum atomic E-state index is -0.107. The van der Waals surface area contributed by atoms with E-state index in [4.69, 9.17) is 16.6 Å². The van der Waals surface area contributed by atoms with Crippen LogP contribution >= 0.6 is 11.6 Å². The third kappa shape index (κ3) is 3.69. The van der Waals surface area contributed by atoms with Gasteiger partial charge in [-0.25, -0.2) is 0 Å². The highest BCUT2D eigenvalue weighted by atomic mass is 35.5. The summed E-state index contributed by atoms with van der Waals surface area (Å²) in [6.45, 7) is 0. The van der Waals surface area contributed by atoms with E-state index in [1.54, 1.807) is 0 Å². The number of nitrogens with one attached hydrogen (secondary N) is 1. The zero-order valence-corrected chi connectivity index (χ0v) is 14.8. The summed E-state index contributed by atoms with van der Waals surface area (Å²) in [5.74, 6) is 0. The van der Waals surface area contributed by atoms with E-state index >= 15 is 0 Å². The van der Waals surface area contributed by atoms with E-state index in [0.717, 1.165) is 41.8 Å². The van der Waals surface area contributed by atoms with E-state index in [1.165, 1.54) is 5.57 Å². The van der Waals surface area contributed by atoms with Crippen LogP contribution in [0.2, 0.25) is 0 Å². The van der Waals surface area contributed by atoms with Gasteiger partial charge in [-0.2, -0.15) is 0 Å². The number of hydrogen-bond acceptors (Lipinski definition) is 2. The van der Waals surface area contributed by atoms with Gasteiger partial charge in [0.15, 0.2) is 0 Å². The highest BCUT2D eigenvalue weighted by Gasteiger charge is 2.22. The Bertz CT molecular complexity index is 825. The Morgan fingerprint density at radius 3 is 2.68 bits per heavy atom. The molecular weight excluding hydrogens is 328 g/mol. The van der Waals surface area contributed by atoms with Gasteiger partial charge in [0, 0.05) is 5.70 Å². The van der Waals surface area contributed by atoms with E-state index in [0.29, 0.717) is 0 Å². The molecule has 1 heterocycles. The lowest BCUT2D eigenvalue weighted by atomic mass is 9.97. The third-order valence-corrected chi connectivity index (χ3v) is 4.88. The van der Waals surface area contributed by atoms with Crippen LogP contribution in [0.5, 0.6) is 0 Å². The predicted octanol–water partition coefficient (Wildman–Crippen LogP) is 5.06. The molecule has 1 aliphatic heterocycles. The van der Waals surface area contributed by atoms with Gasteiger partial charge in [0.1, 0.15) is 6.17 Å². The van der Waals surface area contributed by atoms with Crippen molar-refractivity contribution in [3.63, 3.8) is 0 Å². The predicted molar refractivity (Wildman–Crippen MR) is 106 cm³/mol. The second-order valence-corrected chi connectivity index (χ2v) is 7.01. The van der Waals surface area contributed by atoms with Crippen LogP contribution < -0.4 is 5.32 Å². The second-order valence-electron chi connectivity index (χ2n) is 6.45. The molecule has 0 amide bonds. The van der Waals surface area contributed by atoms with E-state index in [2.05, 4.69) is 72.1 Å². The highest BCUT2D eigenvalue weighted by Crippen LogP contribution is 2.26. The van der Waals surface area contributed by atoms with Crippen LogP contribution in [0.1, 0.15) is 24.8 Å². The maximum absolute atomic E-state index is 6.33. The molecule has 0 spiro atoms. The Labute approximate surface area is 154 Å². The fourth-order valence-electron chi connectivity index (χ4n) is 3.29. The van der Waals surface area contributed by atoms with Gasteiger partial charge >= 0.3 is 0 Å². The Kier molecular flexibility index (Phi) is 4.71. The van der Waals surface area contributed by atoms with Gasteiger partial charge in [-0.1, -0.05) is 66.8 Å². The number of hydrogen-bond donors (Lipinski definition) is 1. The van der Waals surface area contributed by atoms with E-state index in [1.807, 2.05) is 6.07 Å². The third-order valence-electron chi connectivity index (χ3n) is 4.58. The quantitative estimate of drug-likeness (QED) is 0.759. The molecule has 2 nitrogen and oxygen atoms in total. The lowest BCUT2D eigenvalue weighted by Gasteiger charge is -2.27. The summed E-state index contributed by atoms with van der Waals surface area (Å²) in [6.07, 6.45) is 18.2. The van der Waals surface area contributed by atoms with Crippen LogP contribution in [-0.2, 0) is 0 Å². The summed E-state index contributed by atoms with van der Waals surface area (Å²) < 4.78 is 0. The molecule has 2 unspecified atom stereocenters. The number of benzene rings is 1. The Morgan fingerprint density at radius 2 is 1.92 bits per heavy atom. The molecule has 0 saturated carbocycles. The lowest BCUT2D eigenvalue weighted by Crippen LogP contribution is -2.34. The number of rotatable bonds is 3. The average molecular weight is 349 g/mol. The van der Waals surface area contributed by atoms with Crippen LogP contribution in [0.3, 0.4) is 0 Å². The van der Waals surface area contributed by atoms with Gasteiger partial charge in [-0.3, -0.25) is 4.99 Å². The Hall–Kier alpha value is -2.32. The van der Waals surface area contributed by atoms with Gasteiger partial charge in [0.25, 0.3) is 0 Å². The molecule has 2 aliphatic carbocycles. The molecule has 1 N–H and O–H groups in total. The van der Waals surface area contributed by atoms with Gasteiger partial charge in [0.2, 0.25) is 0 Å². The first-order valence-electron chi connectivity index (χ1n) is 8.80. The van der Waals surface area contributed by atoms with Gasteiger partial charge in [0.05, 0.1) is 11.1 Å². The van der Waals surface area contributed by atoms with Crippen molar-refractivity contribution in [2.45, 2.75) is 30.8 Å². The fraction of sp³-hybridized carbons (Fsp3) is 0.227. The van der Waals surface area contributed by atoms with Crippen LogP contribution in [-0.4, -0.2) is 17.3 Å². The maximum atomic E-state index is 6.33. The van der Waals surface area contributed by atoms with Crippen molar-refractivity contribution in [2.75, 3.05) is 0 Å². The average Bonchev–Trinajstić information content (AvgIpc) is 2.69. The SMILES string of the molecule is ClC1C=C(C2N=C(c3ccccc3)C=C(C3=CCCC=C3)N2)C=CC1. The number of aliphatic imine (C=N–C) groups is 1. The van der Waals surface area contributed by atoms with Crippen LogP contribution in [0, 0.1) is 0 Å². The minimum Gasteiger partial charge on any atom is -0.360 e. The van der Waals surface area contributed by atoms with Crippen LogP contribution in [0.15, 0.2) is 94.7 Å². The lowest BCUT2D eigenvalue weighted by molar-refractivity contribution is 0.670. The smallest absolute Gasteiger partial charge is 0.145 e. The standard InChI is InChI=1S/C22H21ClN2/c23-19-13-7-12-18(14-19)22-24-20(16-8-3-1-4-9-16)15-21(25-22)17-10-5-2-6-11-17/h1,3-5,7-12,14-15,19,22,25H,2,6,13H2. The molecule has 0 aromatic heterocycles. The molecule has 0 radical (unpaired) electrons. The first kappa shape index (κ1) is 16.2. The maximum Gasteiger partial charge on any atom is 0.145 e. The summed E-state index contributed by atoms with van der Waals surface area (Å²) in [5, 5.41) is 3.63. The summed E-state index contributed by atoms with van der Waals surface area (Å²) in [4.78, 5) is 4.95. The van der Waals surface area contributed by atoms with Crippen molar-refractivity contribution < 1.29 is 0 Å². The molecule has 3 heteroatoms. The molecule has 0 bridgehead atoms. The first-order valence-corrected chi connectivity index (χ1v) is 9.24. The summed E-state index contributed by atoms with van der Waals surface area (Å²) in [5.41, 5.74) is 5.63. The van der Waals surface area contributed by atoms with Crippen LogP contribution in [0.4, 0.5) is 0 Å². The van der Waals surface area contributed by atoms with E-state index in [9.17, 15) is 0 Å². The summed E-state index contributed by atoms with van der Waals surface area (Å²) >= 11 is 6.33. The van der Waals surface area contributed by atoms with Crippen molar-refractivity contribution in [2.24, 2.45) is 4.99 Å². The molecule has 25 heavy (non-hydrogen) atoms. The molecule has 126 valence electrons. The highest BCUT2D eigenvalue weighted by molar-refractivity contribution is 6.22. The fourth-order valence-corrected chi connectivity index (χ4v) is 3.54. The molecular formula is C22H21ClN2. The minimum absolute atomic E-state index is 0.0420. The molecule has 1 aromatic rings. The van der Waals surface area contributed by atoms with Gasteiger partial charge < -0.3 is 5.32 Å². The number of alkyl halides is 1. The van der Waals surface area contributed by atoms with Crippen LogP contribution in [0.25, 0.3) is 0 Å². The summed E-state index contributed by atoms with van der Waals surface area (Å²) in [6, 6.07) is 10.4. The molecule has 1 aromatic carbocycles. The van der Waals surface area contributed by atoms with Crippen molar-refractivity contribution >= 4 is 17.3 Å². The monoisotopic (exact) mass is 348 g/mol. The van der Waals surface area contributed by atoms with E-state index < -0.39 is 0 Å². The molecule has 0 saturated heterocycles. The zero-order valence-electron chi connectivity index (χ0n) is 14.0. The molecule has 3 aliphatic rings. The largest absolute Gasteiger partial charge is 0.360 e. The van der Waals surface area contributed by atoms with Crippen molar-refractivity contribution in [3.8, 4) is 0 Å². The van der Waals surface area contributed by atoms with Gasteiger partial charge in [-0.05, 0) is 42.0 Å². The Morgan fingerprint density at radius 1 is 1.04 bits per heavy atom. The van der Waals surface area contributed by atoms with Crippen molar-refractivity contribution in [1.29, 1.82) is 0 Å². The second kappa shape index (κ2) is 7.28. The molecule has 4 rings (SSSR count). The topological polar surface area (TPSA) is 24.4 Å². The number of nitrogens with zero attached hydrogens (tertiary/aromatic N) is 1. The Balaban J connectivity index is 1.73. The summed E-state index contributed by atoms with van der Waals surface area (Å²) in [7, 11) is 0. The zero-order chi connectivity index (χ0) is 17.1. The molecule has 2 atom stereocenters. The molecule has 0 fully saturated rings. The number of allylic oxidation sites excluding steroid dienone is 6. The van der Waals surface area contributed by atoms with Gasteiger partial charge in [-0.15, -0.1) is 11.6 Å². The normalized spacial score (nSPS) is 25.5. The number of halogens is 1. The van der Waals surface area contributed by atoms with Crippen molar-refractivity contribution in [3.05, 3.63) is 95.3 Å².